The Morgan fingerprint density at radius 3 is 2.36 bits per heavy atom. The number of piperazine rings is 1. The van der Waals surface area contributed by atoms with E-state index in [1.807, 2.05) is 30.3 Å². The van der Waals surface area contributed by atoms with E-state index in [0.717, 1.165) is 44.5 Å². The predicted octanol–water partition coefficient (Wildman–Crippen LogP) is 1.81. The molecule has 28 heavy (non-hydrogen) atoms. The minimum absolute atomic E-state index is 0.149. The van der Waals surface area contributed by atoms with Gasteiger partial charge in [0.25, 0.3) is 5.91 Å². The zero-order valence-corrected chi connectivity index (χ0v) is 17.2. The lowest BCUT2D eigenvalue weighted by atomic mass is 10.0. The average Bonchev–Trinajstić information content (AvgIpc) is 2.69. The maximum atomic E-state index is 12.9. The van der Waals surface area contributed by atoms with Crippen LogP contribution < -0.4 is 5.32 Å². The fraction of sp³-hybridized carbons (Fsp3) is 0.381. The third-order valence-electron chi connectivity index (χ3n) is 5.07. The molecule has 150 valence electrons. The van der Waals surface area contributed by atoms with Gasteiger partial charge in [0.05, 0.1) is 10.9 Å². The molecule has 1 atom stereocenters. The highest BCUT2D eigenvalue weighted by Gasteiger charge is 2.22. The lowest BCUT2D eigenvalue weighted by molar-refractivity contribution is 0.0907. The molecule has 1 saturated heterocycles. The third kappa shape index (κ3) is 5.41. The van der Waals surface area contributed by atoms with E-state index < -0.39 is 9.84 Å². The van der Waals surface area contributed by atoms with E-state index in [9.17, 15) is 13.2 Å². The van der Waals surface area contributed by atoms with Crippen molar-refractivity contribution in [1.82, 2.24) is 15.1 Å². The number of hydrogen-bond donors (Lipinski definition) is 1. The molecule has 2 aromatic carbocycles. The molecule has 1 unspecified atom stereocenters. The zero-order chi connectivity index (χ0) is 20.1. The molecule has 2 aromatic rings. The highest BCUT2D eigenvalue weighted by atomic mass is 32.2. The first-order chi connectivity index (χ1) is 13.3. The van der Waals surface area contributed by atoms with Gasteiger partial charge in [0.2, 0.25) is 0 Å². The quantitative estimate of drug-likeness (QED) is 0.800. The first-order valence-corrected chi connectivity index (χ1v) is 11.3. The van der Waals surface area contributed by atoms with Crippen molar-refractivity contribution in [1.29, 1.82) is 0 Å². The van der Waals surface area contributed by atoms with Gasteiger partial charge in [-0.3, -0.25) is 9.69 Å². The number of rotatable bonds is 6. The van der Waals surface area contributed by atoms with Gasteiger partial charge in [0.1, 0.15) is 0 Å². The Hall–Kier alpha value is -2.22. The number of benzene rings is 2. The molecule has 0 aromatic heterocycles. The number of sulfone groups is 1. The molecule has 0 spiro atoms. The standard InChI is InChI=1S/C21H27N3O3S/c1-23-11-13-24(14-12-23)16-20(17-7-4-3-5-8-17)22-21(25)18-9-6-10-19(15-18)28(2,26)27/h3-10,15,20H,11-14,16H2,1-2H3,(H,22,25). The molecular formula is C21H27N3O3S. The van der Waals surface area contributed by atoms with Gasteiger partial charge in [-0.2, -0.15) is 0 Å². The van der Waals surface area contributed by atoms with Crippen LogP contribution in [-0.4, -0.2) is 70.2 Å². The van der Waals surface area contributed by atoms with Gasteiger partial charge < -0.3 is 10.2 Å². The van der Waals surface area contributed by atoms with Crippen LogP contribution >= 0.6 is 0 Å². The number of nitrogens with zero attached hydrogens (tertiary/aromatic N) is 2. The molecule has 0 bridgehead atoms. The number of carbonyl (C=O) groups is 1. The van der Waals surface area contributed by atoms with E-state index in [4.69, 9.17) is 0 Å². The van der Waals surface area contributed by atoms with Gasteiger partial charge >= 0.3 is 0 Å². The largest absolute Gasteiger partial charge is 0.344 e. The van der Waals surface area contributed by atoms with Crippen LogP contribution in [0, 0.1) is 0 Å². The van der Waals surface area contributed by atoms with Crippen LogP contribution in [0.25, 0.3) is 0 Å². The Bertz CT molecular complexity index is 908. The molecule has 0 radical (unpaired) electrons. The van der Waals surface area contributed by atoms with E-state index in [1.165, 1.54) is 12.1 Å². The van der Waals surface area contributed by atoms with E-state index in [0.29, 0.717) is 5.56 Å². The van der Waals surface area contributed by atoms with Crippen LogP contribution in [0.5, 0.6) is 0 Å². The lowest BCUT2D eigenvalue weighted by Gasteiger charge is -2.35. The van der Waals surface area contributed by atoms with Crippen LogP contribution in [-0.2, 0) is 9.84 Å². The van der Waals surface area contributed by atoms with E-state index in [2.05, 4.69) is 22.2 Å². The molecule has 6 nitrogen and oxygen atoms in total. The van der Waals surface area contributed by atoms with E-state index >= 15 is 0 Å². The van der Waals surface area contributed by atoms with E-state index in [1.54, 1.807) is 12.1 Å². The molecule has 0 saturated carbocycles. The number of carbonyl (C=O) groups excluding carboxylic acids is 1. The topological polar surface area (TPSA) is 69.7 Å². The summed E-state index contributed by atoms with van der Waals surface area (Å²) in [5.41, 5.74) is 1.39. The SMILES string of the molecule is CN1CCN(CC(NC(=O)c2cccc(S(C)(=O)=O)c2)c2ccccc2)CC1. The summed E-state index contributed by atoms with van der Waals surface area (Å²) < 4.78 is 23.6. The maximum Gasteiger partial charge on any atom is 0.251 e. The van der Waals surface area contributed by atoms with Gasteiger partial charge in [0, 0.05) is 44.5 Å². The Morgan fingerprint density at radius 2 is 1.71 bits per heavy atom. The monoisotopic (exact) mass is 401 g/mol. The molecule has 1 amide bonds. The van der Waals surface area contributed by atoms with Crippen molar-refractivity contribution in [3.63, 3.8) is 0 Å². The first-order valence-electron chi connectivity index (χ1n) is 9.40. The lowest BCUT2D eigenvalue weighted by Crippen LogP contribution is -2.47. The average molecular weight is 402 g/mol. The van der Waals surface area contributed by atoms with Crippen LogP contribution in [0.4, 0.5) is 0 Å². The van der Waals surface area contributed by atoms with Crippen LogP contribution in [0.1, 0.15) is 22.0 Å². The molecule has 1 aliphatic heterocycles. The van der Waals surface area contributed by atoms with Crippen LogP contribution in [0.3, 0.4) is 0 Å². The Balaban J connectivity index is 1.78. The van der Waals surface area contributed by atoms with Crippen LogP contribution in [0.15, 0.2) is 59.5 Å². The number of likely N-dealkylation sites (N-methyl/N-ethyl adjacent to an activating group) is 1. The second kappa shape index (κ2) is 8.86. The summed E-state index contributed by atoms with van der Waals surface area (Å²) in [6, 6.07) is 15.9. The van der Waals surface area contributed by atoms with Crippen molar-refractivity contribution in [2.24, 2.45) is 0 Å². The molecule has 0 aliphatic carbocycles. The number of nitrogens with one attached hydrogen (secondary N) is 1. The molecule has 1 heterocycles. The van der Waals surface area contributed by atoms with Crippen molar-refractivity contribution in [2.45, 2.75) is 10.9 Å². The summed E-state index contributed by atoms with van der Waals surface area (Å²) in [6.45, 7) is 4.64. The van der Waals surface area contributed by atoms with Gasteiger partial charge in [-0.15, -0.1) is 0 Å². The molecule has 1 N–H and O–H groups in total. The van der Waals surface area contributed by atoms with Gasteiger partial charge in [-0.1, -0.05) is 36.4 Å². The van der Waals surface area contributed by atoms with Crippen molar-refractivity contribution >= 4 is 15.7 Å². The summed E-state index contributed by atoms with van der Waals surface area (Å²) in [4.78, 5) is 17.7. The van der Waals surface area contributed by atoms with Crippen molar-refractivity contribution in [3.05, 3.63) is 65.7 Å². The Morgan fingerprint density at radius 1 is 1.04 bits per heavy atom. The van der Waals surface area contributed by atoms with Gasteiger partial charge in [-0.25, -0.2) is 8.42 Å². The second-order valence-corrected chi connectivity index (χ2v) is 9.36. The van der Waals surface area contributed by atoms with Crippen molar-refractivity contribution < 1.29 is 13.2 Å². The smallest absolute Gasteiger partial charge is 0.251 e. The molecule has 1 aliphatic rings. The highest BCUT2D eigenvalue weighted by molar-refractivity contribution is 7.90. The Labute approximate surface area is 167 Å². The van der Waals surface area contributed by atoms with Crippen molar-refractivity contribution in [2.75, 3.05) is 46.0 Å². The molecule has 7 heteroatoms. The number of hydrogen-bond acceptors (Lipinski definition) is 5. The first kappa shape index (κ1) is 20.5. The summed E-state index contributed by atoms with van der Waals surface area (Å²) >= 11 is 0. The summed E-state index contributed by atoms with van der Waals surface area (Å²) in [7, 11) is -1.25. The normalized spacial score (nSPS) is 17.2. The minimum atomic E-state index is -3.36. The molecular weight excluding hydrogens is 374 g/mol. The van der Waals surface area contributed by atoms with E-state index in [-0.39, 0.29) is 16.8 Å². The molecule has 1 fully saturated rings. The van der Waals surface area contributed by atoms with Gasteiger partial charge in [-0.05, 0) is 30.8 Å². The number of amides is 1. The third-order valence-corrected chi connectivity index (χ3v) is 6.18. The fourth-order valence-electron chi connectivity index (χ4n) is 3.32. The van der Waals surface area contributed by atoms with Crippen molar-refractivity contribution in [3.8, 4) is 0 Å². The fourth-order valence-corrected chi connectivity index (χ4v) is 3.98. The highest BCUT2D eigenvalue weighted by Crippen LogP contribution is 2.18. The summed E-state index contributed by atoms with van der Waals surface area (Å²) in [5.74, 6) is -0.270. The van der Waals surface area contributed by atoms with Gasteiger partial charge in [0.15, 0.2) is 9.84 Å². The zero-order valence-electron chi connectivity index (χ0n) is 16.3. The van der Waals surface area contributed by atoms with Crippen LogP contribution in [0.2, 0.25) is 0 Å². The minimum Gasteiger partial charge on any atom is -0.344 e. The summed E-state index contributed by atoms with van der Waals surface area (Å²) in [6.07, 6.45) is 1.14. The second-order valence-electron chi connectivity index (χ2n) is 7.34. The molecule has 3 rings (SSSR count). The Kier molecular flexibility index (Phi) is 6.49. The summed E-state index contributed by atoms with van der Waals surface area (Å²) in [5, 5.41) is 3.10. The maximum absolute atomic E-state index is 12.9. The predicted molar refractivity (Wildman–Crippen MR) is 110 cm³/mol.